The molecule has 116 valence electrons. The van der Waals surface area contributed by atoms with Crippen molar-refractivity contribution in [3.05, 3.63) is 60.0 Å². The molecule has 1 aromatic carbocycles. The van der Waals surface area contributed by atoms with Crippen molar-refractivity contribution in [3.8, 4) is 11.3 Å². The van der Waals surface area contributed by atoms with Crippen LogP contribution in [-0.4, -0.2) is 15.8 Å². The molecule has 0 saturated heterocycles. The number of pyridine rings is 2. The van der Waals surface area contributed by atoms with Crippen molar-refractivity contribution in [2.45, 2.75) is 13.1 Å². The average Bonchev–Trinajstić information content (AvgIpc) is 2.53. The molecule has 3 rings (SSSR count). The summed E-state index contributed by atoms with van der Waals surface area (Å²) in [4.78, 5) is 19.4. The van der Waals surface area contributed by atoms with Gasteiger partial charge in [-0.15, -0.1) is 0 Å². The van der Waals surface area contributed by atoms with Crippen molar-refractivity contribution in [2.75, 3.05) is 0 Å². The van der Waals surface area contributed by atoms with Gasteiger partial charge >= 0.3 is 6.18 Å². The summed E-state index contributed by atoms with van der Waals surface area (Å²) in [5, 5.41) is 1.54. The van der Waals surface area contributed by atoms with E-state index in [1.807, 2.05) is 12.1 Å². The van der Waals surface area contributed by atoms with Crippen LogP contribution in [0.2, 0.25) is 0 Å². The van der Waals surface area contributed by atoms with Crippen LogP contribution in [0.1, 0.15) is 23.1 Å². The Morgan fingerprint density at radius 3 is 2.43 bits per heavy atom. The lowest BCUT2D eigenvalue weighted by Gasteiger charge is -2.10. The molecule has 3 nitrogen and oxygen atoms in total. The van der Waals surface area contributed by atoms with Gasteiger partial charge < -0.3 is 0 Å². The first-order chi connectivity index (χ1) is 10.9. The fourth-order valence-electron chi connectivity index (χ4n) is 2.30. The Bertz CT molecular complexity index is 886. The van der Waals surface area contributed by atoms with Crippen LogP contribution in [0.4, 0.5) is 13.2 Å². The number of carbonyl (C=O) groups excluding carboxylic acids is 1. The maximum atomic E-state index is 12.6. The van der Waals surface area contributed by atoms with Gasteiger partial charge in [-0.1, -0.05) is 24.3 Å². The Hall–Kier alpha value is -2.76. The summed E-state index contributed by atoms with van der Waals surface area (Å²) >= 11 is 0. The van der Waals surface area contributed by atoms with Crippen LogP contribution < -0.4 is 0 Å². The average molecular weight is 316 g/mol. The number of benzene rings is 1. The van der Waals surface area contributed by atoms with Crippen molar-refractivity contribution in [2.24, 2.45) is 0 Å². The second kappa shape index (κ2) is 5.46. The summed E-state index contributed by atoms with van der Waals surface area (Å²) in [5.41, 5.74) is 0.165. The molecule has 3 aromatic rings. The van der Waals surface area contributed by atoms with Gasteiger partial charge in [-0.2, -0.15) is 13.2 Å². The largest absolute Gasteiger partial charge is 0.433 e. The van der Waals surface area contributed by atoms with E-state index < -0.39 is 11.9 Å². The van der Waals surface area contributed by atoms with Crippen LogP contribution in [0, 0.1) is 0 Å². The first-order valence-corrected chi connectivity index (χ1v) is 6.80. The maximum Gasteiger partial charge on any atom is 0.433 e. The molecule has 0 spiro atoms. The summed E-state index contributed by atoms with van der Waals surface area (Å²) < 4.78 is 37.9. The van der Waals surface area contributed by atoms with E-state index >= 15 is 0 Å². The molecule has 0 amide bonds. The first kappa shape index (κ1) is 15.1. The number of ketones is 1. The van der Waals surface area contributed by atoms with Gasteiger partial charge in [-0.25, -0.2) is 4.98 Å². The number of Topliss-reactive ketones (excluding diaryl/α,β-unsaturated/α-hetero) is 1. The zero-order chi connectivity index (χ0) is 16.6. The highest BCUT2D eigenvalue weighted by Gasteiger charge is 2.32. The highest BCUT2D eigenvalue weighted by atomic mass is 19.4. The first-order valence-electron chi connectivity index (χ1n) is 6.80. The molecule has 0 saturated carbocycles. The second-order valence-electron chi connectivity index (χ2n) is 5.06. The molecule has 0 N–H and O–H groups in total. The number of hydrogen-bond acceptors (Lipinski definition) is 3. The van der Waals surface area contributed by atoms with E-state index in [1.165, 1.54) is 13.0 Å². The van der Waals surface area contributed by atoms with Crippen molar-refractivity contribution < 1.29 is 18.0 Å². The molecule has 0 fully saturated rings. The fourth-order valence-corrected chi connectivity index (χ4v) is 2.30. The molecule has 0 aliphatic carbocycles. The van der Waals surface area contributed by atoms with Crippen molar-refractivity contribution in [3.63, 3.8) is 0 Å². The Morgan fingerprint density at radius 2 is 1.83 bits per heavy atom. The zero-order valence-corrected chi connectivity index (χ0v) is 12.1. The molecule has 0 unspecified atom stereocenters. The van der Waals surface area contributed by atoms with Crippen molar-refractivity contribution >= 4 is 16.6 Å². The molecule has 0 atom stereocenters. The minimum absolute atomic E-state index is 0.211. The Labute approximate surface area is 129 Å². The van der Waals surface area contributed by atoms with Crippen LogP contribution in [0.3, 0.4) is 0 Å². The van der Waals surface area contributed by atoms with Gasteiger partial charge in [0, 0.05) is 24.1 Å². The van der Waals surface area contributed by atoms with E-state index in [4.69, 9.17) is 0 Å². The highest BCUT2D eigenvalue weighted by molar-refractivity contribution is 6.01. The van der Waals surface area contributed by atoms with E-state index in [0.29, 0.717) is 11.3 Å². The molecule has 23 heavy (non-hydrogen) atoms. The number of hydrogen-bond donors (Lipinski definition) is 0. The number of aromatic nitrogens is 2. The van der Waals surface area contributed by atoms with E-state index in [9.17, 15) is 18.0 Å². The molecule has 2 heterocycles. The lowest BCUT2D eigenvalue weighted by Crippen LogP contribution is -2.07. The van der Waals surface area contributed by atoms with Crippen LogP contribution >= 0.6 is 0 Å². The number of rotatable bonds is 2. The van der Waals surface area contributed by atoms with Crippen LogP contribution in [0.25, 0.3) is 22.0 Å². The lowest BCUT2D eigenvalue weighted by molar-refractivity contribution is -0.141. The monoisotopic (exact) mass is 316 g/mol. The van der Waals surface area contributed by atoms with Gasteiger partial charge in [0.1, 0.15) is 11.4 Å². The topological polar surface area (TPSA) is 42.9 Å². The third-order valence-corrected chi connectivity index (χ3v) is 3.43. The van der Waals surface area contributed by atoms with Crippen LogP contribution in [0.5, 0.6) is 0 Å². The standard InChI is InChI=1S/C17H11F3N2O/c1-10(23)14-8-11-4-2-3-5-13(11)16(22-14)12-6-7-15(21-9-12)17(18,19)20/h2-9H,1H3. The fraction of sp³-hybridized carbons (Fsp3) is 0.118. The maximum absolute atomic E-state index is 12.6. The normalized spacial score (nSPS) is 11.7. The Kier molecular flexibility index (Phi) is 3.60. The minimum Gasteiger partial charge on any atom is -0.293 e. The third kappa shape index (κ3) is 2.92. The van der Waals surface area contributed by atoms with E-state index in [-0.39, 0.29) is 11.5 Å². The van der Waals surface area contributed by atoms with E-state index in [1.54, 1.807) is 18.2 Å². The minimum atomic E-state index is -4.49. The smallest absolute Gasteiger partial charge is 0.293 e. The number of halogens is 3. The molecule has 6 heteroatoms. The Morgan fingerprint density at radius 1 is 1.09 bits per heavy atom. The van der Waals surface area contributed by atoms with Gasteiger partial charge in [0.15, 0.2) is 5.78 Å². The number of fused-ring (bicyclic) bond motifs is 1. The summed E-state index contributed by atoms with van der Waals surface area (Å²) in [5.74, 6) is -0.211. The summed E-state index contributed by atoms with van der Waals surface area (Å²) in [7, 11) is 0. The van der Waals surface area contributed by atoms with Crippen LogP contribution in [-0.2, 0) is 6.18 Å². The predicted octanol–water partition coefficient (Wildman–Crippen LogP) is 4.52. The Balaban J connectivity index is 2.20. The zero-order valence-electron chi connectivity index (χ0n) is 12.1. The van der Waals surface area contributed by atoms with E-state index in [2.05, 4.69) is 9.97 Å². The molecule has 0 aliphatic heterocycles. The number of alkyl halides is 3. The van der Waals surface area contributed by atoms with Gasteiger partial charge in [0.2, 0.25) is 0 Å². The van der Waals surface area contributed by atoms with Crippen LogP contribution in [0.15, 0.2) is 48.7 Å². The number of carbonyl (C=O) groups is 1. The SMILES string of the molecule is CC(=O)c1cc2ccccc2c(-c2ccc(C(F)(F)F)nc2)n1. The molecule has 0 aliphatic rings. The van der Waals surface area contributed by atoms with E-state index in [0.717, 1.165) is 23.0 Å². The molecule has 0 bridgehead atoms. The molecular weight excluding hydrogens is 305 g/mol. The molecule has 0 radical (unpaired) electrons. The van der Waals surface area contributed by atoms with Gasteiger partial charge in [0.05, 0.1) is 5.69 Å². The van der Waals surface area contributed by atoms with Crippen molar-refractivity contribution in [1.82, 2.24) is 9.97 Å². The number of nitrogens with zero attached hydrogens (tertiary/aromatic N) is 2. The lowest BCUT2D eigenvalue weighted by atomic mass is 10.0. The molecular formula is C17H11F3N2O. The summed E-state index contributed by atoms with van der Waals surface area (Å²) in [6, 6.07) is 11.1. The van der Waals surface area contributed by atoms with Gasteiger partial charge in [-0.3, -0.25) is 9.78 Å². The van der Waals surface area contributed by atoms with Gasteiger partial charge in [0.25, 0.3) is 0 Å². The predicted molar refractivity (Wildman–Crippen MR) is 80.0 cm³/mol. The summed E-state index contributed by atoms with van der Waals surface area (Å²) in [6.07, 6.45) is -3.36. The quantitative estimate of drug-likeness (QED) is 0.653. The van der Waals surface area contributed by atoms with Gasteiger partial charge in [-0.05, 0) is 23.6 Å². The van der Waals surface area contributed by atoms with Crippen molar-refractivity contribution in [1.29, 1.82) is 0 Å². The highest BCUT2D eigenvalue weighted by Crippen LogP contribution is 2.31. The molecule has 2 aromatic heterocycles. The summed E-state index contributed by atoms with van der Waals surface area (Å²) in [6.45, 7) is 1.39. The second-order valence-corrected chi connectivity index (χ2v) is 5.06. The third-order valence-electron chi connectivity index (χ3n) is 3.43.